The van der Waals surface area contributed by atoms with Gasteiger partial charge in [-0.3, -0.25) is 0 Å². The summed E-state index contributed by atoms with van der Waals surface area (Å²) in [4.78, 5) is 2.59. The average molecular weight is 182 g/mol. The fourth-order valence-corrected chi connectivity index (χ4v) is 2.24. The monoisotopic (exact) mass is 182 g/mol. The van der Waals surface area contributed by atoms with Crippen molar-refractivity contribution in [3.63, 3.8) is 0 Å². The minimum atomic E-state index is 0.221. The second kappa shape index (κ2) is 3.97. The maximum atomic E-state index is 6.13. The van der Waals surface area contributed by atoms with Crippen LogP contribution in [0.3, 0.4) is 0 Å². The van der Waals surface area contributed by atoms with E-state index in [1.165, 1.54) is 58.0 Å². The molecule has 0 unspecified atom stereocenters. The molecule has 76 valence electrons. The Bertz CT molecular complexity index is 155. The van der Waals surface area contributed by atoms with E-state index < -0.39 is 0 Å². The van der Waals surface area contributed by atoms with Gasteiger partial charge in [0.15, 0.2) is 0 Å². The smallest absolute Gasteiger partial charge is 0.0284 e. The van der Waals surface area contributed by atoms with E-state index in [1.54, 1.807) is 0 Å². The van der Waals surface area contributed by atoms with Crippen molar-refractivity contribution < 1.29 is 0 Å². The third-order valence-electron chi connectivity index (χ3n) is 3.38. The van der Waals surface area contributed by atoms with Gasteiger partial charge in [-0.15, -0.1) is 0 Å². The summed E-state index contributed by atoms with van der Waals surface area (Å²) in [5, 5.41) is 0. The highest BCUT2D eigenvalue weighted by Gasteiger charge is 2.39. The Morgan fingerprint density at radius 3 is 2.00 bits per heavy atom. The van der Waals surface area contributed by atoms with Crippen molar-refractivity contribution in [2.45, 2.75) is 50.5 Å². The summed E-state index contributed by atoms with van der Waals surface area (Å²) >= 11 is 0. The third kappa shape index (κ3) is 2.96. The van der Waals surface area contributed by atoms with Crippen molar-refractivity contribution in [3.05, 3.63) is 0 Å². The Kier molecular flexibility index (Phi) is 2.89. The first-order chi connectivity index (χ1) is 6.29. The maximum absolute atomic E-state index is 6.13. The van der Waals surface area contributed by atoms with E-state index in [9.17, 15) is 0 Å². The van der Waals surface area contributed by atoms with Crippen molar-refractivity contribution in [2.75, 3.05) is 19.6 Å². The van der Waals surface area contributed by atoms with Gasteiger partial charge in [-0.05, 0) is 38.8 Å². The molecule has 1 aliphatic heterocycles. The molecule has 0 radical (unpaired) electrons. The molecular formula is C11H22N2. The van der Waals surface area contributed by atoms with Gasteiger partial charge < -0.3 is 10.6 Å². The molecule has 13 heavy (non-hydrogen) atoms. The zero-order chi connectivity index (χ0) is 9.15. The van der Waals surface area contributed by atoms with Crippen LogP contribution in [0.15, 0.2) is 0 Å². The van der Waals surface area contributed by atoms with E-state index in [1.807, 2.05) is 0 Å². The lowest BCUT2D eigenvalue weighted by molar-refractivity contribution is 0.228. The molecule has 2 heteroatoms. The van der Waals surface area contributed by atoms with Gasteiger partial charge in [0, 0.05) is 12.1 Å². The van der Waals surface area contributed by atoms with Crippen LogP contribution < -0.4 is 5.73 Å². The van der Waals surface area contributed by atoms with Gasteiger partial charge in [0.2, 0.25) is 0 Å². The zero-order valence-electron chi connectivity index (χ0n) is 8.60. The average Bonchev–Trinajstić information content (AvgIpc) is 2.75. The number of hydrogen-bond acceptors (Lipinski definition) is 2. The Labute approximate surface area is 81.5 Å². The van der Waals surface area contributed by atoms with Crippen LogP contribution >= 0.6 is 0 Å². The molecular weight excluding hydrogens is 160 g/mol. The summed E-state index contributed by atoms with van der Waals surface area (Å²) in [6.07, 6.45) is 9.57. The highest BCUT2D eigenvalue weighted by atomic mass is 15.2. The van der Waals surface area contributed by atoms with Crippen LogP contribution in [-0.2, 0) is 0 Å². The fourth-order valence-electron chi connectivity index (χ4n) is 2.24. The van der Waals surface area contributed by atoms with Gasteiger partial charge in [0.1, 0.15) is 0 Å². The van der Waals surface area contributed by atoms with Crippen molar-refractivity contribution in [2.24, 2.45) is 5.73 Å². The van der Waals surface area contributed by atoms with E-state index in [4.69, 9.17) is 5.73 Å². The van der Waals surface area contributed by atoms with E-state index in [0.29, 0.717) is 0 Å². The van der Waals surface area contributed by atoms with Crippen LogP contribution in [0.5, 0.6) is 0 Å². The molecule has 0 amide bonds. The normalized spacial score (nSPS) is 29.3. The predicted molar refractivity (Wildman–Crippen MR) is 55.7 cm³/mol. The van der Waals surface area contributed by atoms with Crippen LogP contribution in [0, 0.1) is 0 Å². The SMILES string of the molecule is NC1(CN2CCCCCCC2)CC1. The lowest BCUT2D eigenvalue weighted by Gasteiger charge is -2.27. The molecule has 1 heterocycles. The summed E-state index contributed by atoms with van der Waals surface area (Å²) < 4.78 is 0. The quantitative estimate of drug-likeness (QED) is 0.705. The van der Waals surface area contributed by atoms with Crippen LogP contribution in [-0.4, -0.2) is 30.1 Å². The molecule has 1 saturated carbocycles. The van der Waals surface area contributed by atoms with Crippen molar-refractivity contribution in [3.8, 4) is 0 Å². The molecule has 0 bridgehead atoms. The number of likely N-dealkylation sites (tertiary alicyclic amines) is 1. The minimum absolute atomic E-state index is 0.221. The largest absolute Gasteiger partial charge is 0.324 e. The zero-order valence-corrected chi connectivity index (χ0v) is 8.60. The van der Waals surface area contributed by atoms with Gasteiger partial charge in [-0.1, -0.05) is 19.3 Å². The molecule has 2 N–H and O–H groups in total. The first-order valence-corrected chi connectivity index (χ1v) is 5.80. The highest BCUT2D eigenvalue weighted by molar-refractivity contribution is 5.01. The van der Waals surface area contributed by atoms with Crippen LogP contribution in [0.25, 0.3) is 0 Å². The second-order valence-electron chi connectivity index (χ2n) is 4.91. The lowest BCUT2D eigenvalue weighted by atomic mass is 10.1. The van der Waals surface area contributed by atoms with Crippen molar-refractivity contribution in [1.29, 1.82) is 0 Å². The lowest BCUT2D eigenvalue weighted by Crippen LogP contribution is -2.40. The first kappa shape index (κ1) is 9.47. The molecule has 2 rings (SSSR count). The van der Waals surface area contributed by atoms with Gasteiger partial charge in [0.05, 0.1) is 0 Å². The molecule has 0 atom stereocenters. The minimum Gasteiger partial charge on any atom is -0.324 e. The molecule has 2 nitrogen and oxygen atoms in total. The number of hydrogen-bond donors (Lipinski definition) is 1. The van der Waals surface area contributed by atoms with Gasteiger partial charge >= 0.3 is 0 Å². The highest BCUT2D eigenvalue weighted by Crippen LogP contribution is 2.33. The second-order valence-corrected chi connectivity index (χ2v) is 4.91. The number of nitrogens with two attached hydrogens (primary N) is 1. The topological polar surface area (TPSA) is 29.3 Å². The standard InChI is InChI=1S/C11H22N2/c12-11(6-7-11)10-13-8-4-2-1-3-5-9-13/h1-10,12H2. The Morgan fingerprint density at radius 2 is 1.46 bits per heavy atom. The van der Waals surface area contributed by atoms with Crippen LogP contribution in [0.1, 0.15) is 44.9 Å². The van der Waals surface area contributed by atoms with E-state index in [0.717, 1.165) is 6.54 Å². The molecule has 0 aromatic carbocycles. The van der Waals surface area contributed by atoms with Gasteiger partial charge in [0.25, 0.3) is 0 Å². The molecule has 2 fully saturated rings. The first-order valence-electron chi connectivity index (χ1n) is 5.80. The van der Waals surface area contributed by atoms with Gasteiger partial charge in [-0.25, -0.2) is 0 Å². The summed E-state index contributed by atoms with van der Waals surface area (Å²) in [6, 6.07) is 0. The van der Waals surface area contributed by atoms with Gasteiger partial charge in [-0.2, -0.15) is 0 Å². The van der Waals surface area contributed by atoms with Crippen LogP contribution in [0.2, 0.25) is 0 Å². The molecule has 1 aliphatic carbocycles. The predicted octanol–water partition coefficient (Wildman–Crippen LogP) is 1.74. The van der Waals surface area contributed by atoms with Crippen LogP contribution in [0.4, 0.5) is 0 Å². The summed E-state index contributed by atoms with van der Waals surface area (Å²) in [6.45, 7) is 3.74. The number of rotatable bonds is 2. The Morgan fingerprint density at radius 1 is 0.923 bits per heavy atom. The maximum Gasteiger partial charge on any atom is 0.0284 e. The van der Waals surface area contributed by atoms with Crippen molar-refractivity contribution >= 4 is 0 Å². The Hall–Kier alpha value is -0.0800. The fraction of sp³-hybridized carbons (Fsp3) is 1.00. The molecule has 0 aromatic heterocycles. The van der Waals surface area contributed by atoms with E-state index >= 15 is 0 Å². The summed E-state index contributed by atoms with van der Waals surface area (Å²) in [5.74, 6) is 0. The van der Waals surface area contributed by atoms with Crippen molar-refractivity contribution in [1.82, 2.24) is 4.90 Å². The Balaban J connectivity index is 1.75. The molecule has 0 spiro atoms. The summed E-state index contributed by atoms with van der Waals surface area (Å²) in [5.41, 5.74) is 6.35. The number of nitrogens with zero attached hydrogens (tertiary/aromatic N) is 1. The molecule has 1 saturated heterocycles. The molecule has 2 aliphatic rings. The molecule has 0 aromatic rings. The third-order valence-corrected chi connectivity index (χ3v) is 3.38. The summed E-state index contributed by atoms with van der Waals surface area (Å²) in [7, 11) is 0. The van der Waals surface area contributed by atoms with E-state index in [2.05, 4.69) is 4.90 Å². The van der Waals surface area contributed by atoms with E-state index in [-0.39, 0.29) is 5.54 Å².